The number of carboxylic acid groups (broad SMARTS) is 1. The van der Waals surface area contributed by atoms with E-state index in [0.29, 0.717) is 12.2 Å². The third kappa shape index (κ3) is 3.25. The Balaban J connectivity index is 1.92. The molecule has 0 radical (unpaired) electrons. The number of carbonyl (C=O) groups is 1. The van der Waals surface area contributed by atoms with Gasteiger partial charge in [-0.05, 0) is 42.0 Å². The lowest BCUT2D eigenvalue weighted by molar-refractivity contribution is -0.144. The number of carboxylic acids is 1. The van der Waals surface area contributed by atoms with Gasteiger partial charge < -0.3 is 9.84 Å². The van der Waals surface area contributed by atoms with Gasteiger partial charge in [-0.3, -0.25) is 0 Å². The predicted molar refractivity (Wildman–Crippen MR) is 95.6 cm³/mol. The Bertz CT molecular complexity index is 878. The molecular formula is C21H20O3. The monoisotopic (exact) mass is 320 g/mol. The molecule has 3 rings (SSSR count). The summed E-state index contributed by atoms with van der Waals surface area (Å²) in [5, 5.41) is 11.6. The molecule has 1 N–H and O–H groups in total. The average Bonchev–Trinajstić information content (AvgIpc) is 2.58. The number of hydrogen-bond donors (Lipinski definition) is 1. The molecule has 3 aromatic carbocycles. The molecule has 3 nitrogen and oxygen atoms in total. The quantitative estimate of drug-likeness (QED) is 0.751. The molecule has 1 unspecified atom stereocenters. The van der Waals surface area contributed by atoms with Crippen LogP contribution >= 0.6 is 0 Å². The van der Waals surface area contributed by atoms with Crippen LogP contribution in [-0.2, 0) is 11.2 Å². The Morgan fingerprint density at radius 3 is 2.50 bits per heavy atom. The van der Waals surface area contributed by atoms with E-state index in [1.54, 1.807) is 0 Å². The van der Waals surface area contributed by atoms with Crippen molar-refractivity contribution in [3.05, 3.63) is 77.4 Å². The molecule has 24 heavy (non-hydrogen) atoms. The normalized spacial score (nSPS) is 12.1. The van der Waals surface area contributed by atoms with Crippen LogP contribution in [0.4, 0.5) is 0 Å². The zero-order valence-electron chi connectivity index (χ0n) is 13.8. The molecule has 0 bridgehead atoms. The van der Waals surface area contributed by atoms with Gasteiger partial charge in [-0.1, -0.05) is 54.6 Å². The van der Waals surface area contributed by atoms with Gasteiger partial charge in [0.15, 0.2) is 6.10 Å². The van der Waals surface area contributed by atoms with Crippen LogP contribution < -0.4 is 4.74 Å². The van der Waals surface area contributed by atoms with Crippen molar-refractivity contribution in [2.45, 2.75) is 26.4 Å². The zero-order chi connectivity index (χ0) is 17.1. The lowest BCUT2D eigenvalue weighted by Gasteiger charge is -2.18. The minimum absolute atomic E-state index is 0.339. The first-order valence-electron chi connectivity index (χ1n) is 7.98. The summed E-state index contributed by atoms with van der Waals surface area (Å²) in [5.74, 6) is -0.352. The van der Waals surface area contributed by atoms with Crippen LogP contribution in [0.3, 0.4) is 0 Å². The van der Waals surface area contributed by atoms with Gasteiger partial charge in [-0.25, -0.2) is 4.79 Å². The van der Waals surface area contributed by atoms with E-state index in [9.17, 15) is 9.90 Å². The molecule has 0 spiro atoms. The van der Waals surface area contributed by atoms with E-state index in [0.717, 1.165) is 27.5 Å². The summed E-state index contributed by atoms with van der Waals surface area (Å²) in [6, 6.07) is 19.5. The lowest BCUT2D eigenvalue weighted by Crippen LogP contribution is -2.29. The van der Waals surface area contributed by atoms with Crippen molar-refractivity contribution in [1.82, 2.24) is 0 Å². The third-order valence-corrected chi connectivity index (χ3v) is 4.42. The Morgan fingerprint density at radius 2 is 1.71 bits per heavy atom. The number of aliphatic carboxylic acids is 1. The van der Waals surface area contributed by atoms with Crippen molar-refractivity contribution in [1.29, 1.82) is 0 Å². The number of ether oxygens (including phenoxy) is 1. The van der Waals surface area contributed by atoms with E-state index in [4.69, 9.17) is 4.74 Å². The minimum atomic E-state index is -0.955. The largest absolute Gasteiger partial charge is 0.478 e. The molecule has 0 saturated carbocycles. The van der Waals surface area contributed by atoms with Crippen molar-refractivity contribution >= 4 is 16.7 Å². The zero-order valence-corrected chi connectivity index (χ0v) is 13.8. The summed E-state index contributed by atoms with van der Waals surface area (Å²) < 4.78 is 5.89. The van der Waals surface area contributed by atoms with Crippen LogP contribution in [0.1, 0.15) is 16.7 Å². The molecular weight excluding hydrogens is 300 g/mol. The second-order valence-corrected chi connectivity index (χ2v) is 5.99. The van der Waals surface area contributed by atoms with Crippen molar-refractivity contribution in [2.24, 2.45) is 0 Å². The van der Waals surface area contributed by atoms with Gasteiger partial charge in [0.25, 0.3) is 0 Å². The number of rotatable bonds is 5. The highest BCUT2D eigenvalue weighted by atomic mass is 16.5. The Morgan fingerprint density at radius 1 is 1.00 bits per heavy atom. The van der Waals surface area contributed by atoms with E-state index in [2.05, 4.69) is 0 Å². The Labute approximate surface area is 141 Å². The molecule has 3 heteroatoms. The Kier molecular flexibility index (Phi) is 4.52. The summed E-state index contributed by atoms with van der Waals surface area (Å²) in [4.78, 5) is 11.7. The first kappa shape index (κ1) is 16.1. The standard InChI is InChI=1S/C21H20O3/c1-14-7-5-10-17(15(14)2)13-20(21(22)23)24-19-12-6-9-16-8-3-4-11-18(16)19/h3-12,20H,13H2,1-2H3,(H,22,23). The van der Waals surface area contributed by atoms with E-state index in [1.165, 1.54) is 0 Å². The number of benzene rings is 3. The van der Waals surface area contributed by atoms with E-state index < -0.39 is 12.1 Å². The molecule has 0 aromatic heterocycles. The molecule has 0 heterocycles. The van der Waals surface area contributed by atoms with Gasteiger partial charge in [0.2, 0.25) is 0 Å². The SMILES string of the molecule is Cc1cccc(CC(Oc2cccc3ccccc23)C(=O)O)c1C. The maximum absolute atomic E-state index is 11.7. The van der Waals surface area contributed by atoms with Crippen LogP contribution in [0.25, 0.3) is 10.8 Å². The molecule has 0 aliphatic rings. The van der Waals surface area contributed by atoms with E-state index >= 15 is 0 Å². The van der Waals surface area contributed by atoms with Gasteiger partial charge in [0.1, 0.15) is 5.75 Å². The molecule has 0 aliphatic carbocycles. The van der Waals surface area contributed by atoms with Gasteiger partial charge in [-0.15, -0.1) is 0 Å². The fraction of sp³-hybridized carbons (Fsp3) is 0.190. The molecule has 0 aliphatic heterocycles. The predicted octanol–water partition coefficient (Wildman–Crippen LogP) is 4.53. The summed E-state index contributed by atoms with van der Waals surface area (Å²) in [5.41, 5.74) is 3.27. The van der Waals surface area contributed by atoms with Crippen molar-refractivity contribution in [2.75, 3.05) is 0 Å². The Hall–Kier alpha value is -2.81. The van der Waals surface area contributed by atoms with Crippen molar-refractivity contribution < 1.29 is 14.6 Å². The van der Waals surface area contributed by atoms with Crippen LogP contribution in [0.15, 0.2) is 60.7 Å². The number of aryl methyl sites for hydroxylation is 1. The fourth-order valence-corrected chi connectivity index (χ4v) is 2.86. The first-order chi connectivity index (χ1) is 11.6. The highest BCUT2D eigenvalue weighted by Gasteiger charge is 2.22. The second-order valence-electron chi connectivity index (χ2n) is 5.99. The molecule has 122 valence electrons. The average molecular weight is 320 g/mol. The van der Waals surface area contributed by atoms with Gasteiger partial charge in [0, 0.05) is 11.8 Å². The first-order valence-corrected chi connectivity index (χ1v) is 7.98. The molecule has 3 aromatic rings. The van der Waals surface area contributed by atoms with Crippen molar-refractivity contribution in [3.63, 3.8) is 0 Å². The summed E-state index contributed by atoms with van der Waals surface area (Å²) in [7, 11) is 0. The topological polar surface area (TPSA) is 46.5 Å². The van der Waals surface area contributed by atoms with E-state index in [-0.39, 0.29) is 0 Å². The summed E-state index contributed by atoms with van der Waals surface area (Å²) in [6.45, 7) is 4.04. The van der Waals surface area contributed by atoms with Crippen LogP contribution in [0.5, 0.6) is 5.75 Å². The molecule has 0 saturated heterocycles. The highest BCUT2D eigenvalue weighted by molar-refractivity contribution is 5.88. The van der Waals surface area contributed by atoms with Crippen LogP contribution in [-0.4, -0.2) is 17.2 Å². The van der Waals surface area contributed by atoms with Gasteiger partial charge in [-0.2, -0.15) is 0 Å². The second kappa shape index (κ2) is 6.75. The summed E-state index contributed by atoms with van der Waals surface area (Å²) >= 11 is 0. The number of fused-ring (bicyclic) bond motifs is 1. The van der Waals surface area contributed by atoms with Gasteiger partial charge in [0.05, 0.1) is 0 Å². The maximum Gasteiger partial charge on any atom is 0.345 e. The molecule has 0 amide bonds. The fourth-order valence-electron chi connectivity index (χ4n) is 2.86. The molecule has 0 fully saturated rings. The minimum Gasteiger partial charge on any atom is -0.478 e. The molecule has 1 atom stereocenters. The maximum atomic E-state index is 11.7. The lowest BCUT2D eigenvalue weighted by atomic mass is 9.98. The summed E-state index contributed by atoms with van der Waals surface area (Å²) in [6.07, 6.45) is -0.581. The third-order valence-electron chi connectivity index (χ3n) is 4.42. The number of hydrogen-bond acceptors (Lipinski definition) is 2. The van der Waals surface area contributed by atoms with Crippen LogP contribution in [0.2, 0.25) is 0 Å². The highest BCUT2D eigenvalue weighted by Crippen LogP contribution is 2.27. The van der Waals surface area contributed by atoms with Crippen molar-refractivity contribution in [3.8, 4) is 5.75 Å². The van der Waals surface area contributed by atoms with E-state index in [1.807, 2.05) is 74.5 Å². The smallest absolute Gasteiger partial charge is 0.345 e. The van der Waals surface area contributed by atoms with Gasteiger partial charge >= 0.3 is 5.97 Å². The van der Waals surface area contributed by atoms with Crippen LogP contribution in [0, 0.1) is 13.8 Å².